The van der Waals surface area contributed by atoms with Crippen molar-refractivity contribution in [1.29, 1.82) is 0 Å². The molecule has 0 radical (unpaired) electrons. The van der Waals surface area contributed by atoms with Gasteiger partial charge in [0.25, 0.3) is 0 Å². The third-order valence-electron chi connectivity index (χ3n) is 7.40. The summed E-state index contributed by atoms with van der Waals surface area (Å²) in [5.41, 5.74) is 2.03. The van der Waals surface area contributed by atoms with Gasteiger partial charge in [-0.1, -0.05) is 72.9 Å². The molecule has 0 aliphatic carbocycles. The van der Waals surface area contributed by atoms with Gasteiger partial charge in [-0.15, -0.1) is 0 Å². The maximum absolute atomic E-state index is 14.0. The fourth-order valence-electron chi connectivity index (χ4n) is 5.09. The van der Waals surface area contributed by atoms with E-state index in [1.165, 1.54) is 4.31 Å². The van der Waals surface area contributed by atoms with Crippen LogP contribution in [0.1, 0.15) is 43.7 Å². The first-order chi connectivity index (χ1) is 21.6. The van der Waals surface area contributed by atoms with E-state index in [0.717, 1.165) is 24.7 Å². The number of nitrogens with one attached hydrogen (secondary N) is 1. The zero-order valence-corrected chi connectivity index (χ0v) is 27.8. The molecule has 1 atom stereocenters. The van der Waals surface area contributed by atoms with E-state index in [0.29, 0.717) is 59.0 Å². The minimum absolute atomic E-state index is 0.00538. The Bertz CT molecular complexity index is 1570. The van der Waals surface area contributed by atoms with Crippen LogP contribution in [0.2, 0.25) is 10.0 Å². The molecule has 3 aromatic carbocycles. The number of benzene rings is 3. The number of fused-ring (bicyclic) bond motifs is 1. The molecule has 0 bridgehead atoms. The van der Waals surface area contributed by atoms with Crippen molar-refractivity contribution < 1.29 is 27.5 Å². The smallest absolute Gasteiger partial charge is 0.243 e. The van der Waals surface area contributed by atoms with Crippen LogP contribution in [0.15, 0.2) is 66.7 Å². The Morgan fingerprint density at radius 3 is 2.33 bits per heavy atom. The monoisotopic (exact) mass is 675 g/mol. The van der Waals surface area contributed by atoms with Crippen molar-refractivity contribution in [3.63, 3.8) is 0 Å². The van der Waals surface area contributed by atoms with Gasteiger partial charge in [-0.3, -0.25) is 13.9 Å². The van der Waals surface area contributed by atoms with Crippen molar-refractivity contribution in [2.75, 3.05) is 36.9 Å². The average Bonchev–Trinajstić information content (AvgIpc) is 3.02. The molecule has 4 rings (SSSR count). The van der Waals surface area contributed by atoms with Crippen molar-refractivity contribution in [3.05, 3.63) is 87.9 Å². The van der Waals surface area contributed by atoms with Crippen LogP contribution in [0.5, 0.6) is 11.5 Å². The summed E-state index contributed by atoms with van der Waals surface area (Å²) < 4.78 is 38.1. The van der Waals surface area contributed by atoms with Crippen LogP contribution in [-0.2, 0) is 32.6 Å². The SMILES string of the molecule is CCCCNC(=O)C(Cc1ccccc1)N(Cc1ccc(Cl)c(Cl)c1)C(=O)CCCN(c1ccc2c(c1)OCCO2)S(C)(=O)=O. The number of hydrogen-bond donors (Lipinski definition) is 1. The van der Waals surface area contributed by atoms with Crippen LogP contribution >= 0.6 is 23.2 Å². The minimum atomic E-state index is -3.68. The number of amides is 2. The summed E-state index contributed by atoms with van der Waals surface area (Å²) >= 11 is 12.5. The van der Waals surface area contributed by atoms with E-state index in [-0.39, 0.29) is 37.7 Å². The van der Waals surface area contributed by atoms with E-state index >= 15 is 0 Å². The highest BCUT2D eigenvalue weighted by Gasteiger charge is 2.31. The van der Waals surface area contributed by atoms with Crippen molar-refractivity contribution in [2.45, 2.75) is 51.6 Å². The van der Waals surface area contributed by atoms with Gasteiger partial charge in [0.15, 0.2) is 11.5 Å². The lowest BCUT2D eigenvalue weighted by molar-refractivity contribution is -0.141. The molecular formula is C33H39Cl2N3O6S. The zero-order valence-electron chi connectivity index (χ0n) is 25.5. The molecule has 9 nitrogen and oxygen atoms in total. The number of carbonyl (C=O) groups excluding carboxylic acids is 2. The second-order valence-corrected chi connectivity index (χ2v) is 13.6. The molecule has 1 N–H and O–H groups in total. The van der Waals surface area contributed by atoms with Crippen LogP contribution in [0, 0.1) is 0 Å². The maximum Gasteiger partial charge on any atom is 0.243 e. The van der Waals surface area contributed by atoms with Crippen LogP contribution < -0.4 is 19.1 Å². The Morgan fingerprint density at radius 1 is 0.911 bits per heavy atom. The lowest BCUT2D eigenvalue weighted by atomic mass is 10.0. The lowest BCUT2D eigenvalue weighted by Gasteiger charge is -2.32. The number of anilines is 1. The summed E-state index contributed by atoms with van der Waals surface area (Å²) in [5, 5.41) is 3.73. The van der Waals surface area contributed by atoms with Crippen molar-refractivity contribution in [2.24, 2.45) is 0 Å². The number of unbranched alkanes of at least 4 members (excludes halogenated alkanes) is 1. The number of ether oxygens (including phenoxy) is 2. The quantitative estimate of drug-likeness (QED) is 0.202. The first kappa shape index (κ1) is 34.4. The predicted octanol–water partition coefficient (Wildman–Crippen LogP) is 5.87. The Balaban J connectivity index is 1.58. The van der Waals surface area contributed by atoms with Gasteiger partial charge in [-0.2, -0.15) is 0 Å². The summed E-state index contributed by atoms with van der Waals surface area (Å²) in [5.74, 6) is 0.473. The number of nitrogens with zero attached hydrogens (tertiary/aromatic N) is 2. The Morgan fingerprint density at radius 2 is 1.64 bits per heavy atom. The van der Waals surface area contributed by atoms with Crippen LogP contribution in [0.3, 0.4) is 0 Å². The predicted molar refractivity (Wildman–Crippen MR) is 178 cm³/mol. The third kappa shape index (κ3) is 9.76. The molecular weight excluding hydrogens is 637 g/mol. The molecule has 2 amide bonds. The van der Waals surface area contributed by atoms with Gasteiger partial charge in [0, 0.05) is 38.5 Å². The van der Waals surface area contributed by atoms with E-state index in [2.05, 4.69) is 5.32 Å². The highest BCUT2D eigenvalue weighted by molar-refractivity contribution is 7.92. The zero-order chi connectivity index (χ0) is 32.4. The van der Waals surface area contributed by atoms with Gasteiger partial charge >= 0.3 is 0 Å². The van der Waals surface area contributed by atoms with Crippen LogP contribution in [0.25, 0.3) is 0 Å². The van der Waals surface area contributed by atoms with Crippen molar-refractivity contribution in [1.82, 2.24) is 10.2 Å². The first-order valence-electron chi connectivity index (χ1n) is 15.0. The molecule has 0 saturated heterocycles. The topological polar surface area (TPSA) is 105 Å². The number of sulfonamides is 1. The molecule has 0 aromatic heterocycles. The molecule has 1 aliphatic rings. The number of rotatable bonds is 15. The fourth-order valence-corrected chi connectivity index (χ4v) is 6.36. The van der Waals surface area contributed by atoms with E-state index in [1.54, 1.807) is 41.3 Å². The number of halogens is 2. The minimum Gasteiger partial charge on any atom is -0.486 e. The highest BCUT2D eigenvalue weighted by atomic mass is 35.5. The molecule has 0 saturated carbocycles. The van der Waals surface area contributed by atoms with Gasteiger partial charge in [-0.25, -0.2) is 8.42 Å². The second kappa shape index (κ2) is 16.2. The fraction of sp³-hybridized carbons (Fsp3) is 0.394. The Labute approximate surface area is 275 Å². The summed E-state index contributed by atoms with van der Waals surface area (Å²) in [6.45, 7) is 3.50. The molecule has 1 heterocycles. The van der Waals surface area contributed by atoms with E-state index < -0.39 is 16.1 Å². The highest BCUT2D eigenvalue weighted by Crippen LogP contribution is 2.35. The van der Waals surface area contributed by atoms with Gasteiger partial charge in [0.1, 0.15) is 19.3 Å². The summed E-state index contributed by atoms with van der Waals surface area (Å²) in [7, 11) is -3.68. The first-order valence-corrected chi connectivity index (χ1v) is 17.6. The van der Waals surface area contributed by atoms with E-state index in [1.807, 2.05) is 37.3 Å². The van der Waals surface area contributed by atoms with Gasteiger partial charge < -0.3 is 19.7 Å². The number of hydrogen-bond acceptors (Lipinski definition) is 6. The van der Waals surface area contributed by atoms with Gasteiger partial charge in [0.2, 0.25) is 21.8 Å². The molecule has 12 heteroatoms. The van der Waals surface area contributed by atoms with Gasteiger partial charge in [-0.05, 0) is 48.2 Å². The van der Waals surface area contributed by atoms with Crippen LogP contribution in [0.4, 0.5) is 5.69 Å². The van der Waals surface area contributed by atoms with Crippen molar-refractivity contribution in [3.8, 4) is 11.5 Å². The van der Waals surface area contributed by atoms with Crippen LogP contribution in [-0.4, -0.2) is 63.7 Å². The normalized spacial score (nSPS) is 13.2. The lowest BCUT2D eigenvalue weighted by Crippen LogP contribution is -2.50. The molecule has 0 spiro atoms. The van der Waals surface area contributed by atoms with Crippen molar-refractivity contribution >= 4 is 50.7 Å². The average molecular weight is 677 g/mol. The molecule has 1 unspecified atom stereocenters. The van der Waals surface area contributed by atoms with E-state index in [9.17, 15) is 18.0 Å². The Hall–Kier alpha value is -3.47. The van der Waals surface area contributed by atoms with E-state index in [4.69, 9.17) is 32.7 Å². The second-order valence-electron chi connectivity index (χ2n) is 10.9. The molecule has 45 heavy (non-hydrogen) atoms. The molecule has 1 aliphatic heterocycles. The standard InChI is InChI=1S/C33H39Cl2N3O6S/c1-3-4-16-36-33(40)29(21-24-9-6-5-7-10-24)37(23-25-12-14-27(34)28(35)20-25)32(39)11-8-17-38(45(2,41)42)26-13-15-30-31(22-26)44-19-18-43-30/h5-7,9-10,12-15,20,22,29H,3-4,8,11,16-19,21,23H2,1-2H3,(H,36,40). The molecule has 0 fully saturated rings. The summed E-state index contributed by atoms with van der Waals surface area (Å²) in [6.07, 6.45) is 3.37. The maximum atomic E-state index is 14.0. The summed E-state index contributed by atoms with van der Waals surface area (Å²) in [4.78, 5) is 29.2. The molecule has 242 valence electrons. The van der Waals surface area contributed by atoms with Gasteiger partial charge in [0.05, 0.1) is 22.0 Å². The number of carbonyl (C=O) groups is 2. The molecule has 3 aromatic rings. The Kier molecular flexibility index (Phi) is 12.4. The summed E-state index contributed by atoms with van der Waals surface area (Å²) in [6, 6.07) is 18.8. The third-order valence-corrected chi connectivity index (χ3v) is 9.34. The largest absolute Gasteiger partial charge is 0.486 e.